The van der Waals surface area contributed by atoms with Gasteiger partial charge in [-0.2, -0.15) is 5.06 Å². The summed E-state index contributed by atoms with van der Waals surface area (Å²) >= 11 is 1.28. The van der Waals surface area contributed by atoms with E-state index in [1.807, 2.05) is 0 Å². The second-order valence-corrected chi connectivity index (χ2v) is 12.8. The summed E-state index contributed by atoms with van der Waals surface area (Å²) in [5.41, 5.74) is -0.639. The van der Waals surface area contributed by atoms with Gasteiger partial charge in [0, 0.05) is 23.8 Å². The van der Waals surface area contributed by atoms with Crippen molar-refractivity contribution >= 4 is 29.1 Å². The molecule has 244 valence electrons. The second-order valence-electron chi connectivity index (χ2n) is 12.0. The Balaban J connectivity index is 1.53. The summed E-state index contributed by atoms with van der Waals surface area (Å²) in [4.78, 5) is 41.5. The number of likely N-dealkylation sites (tertiary alicyclic amines) is 1. The Morgan fingerprint density at radius 3 is 2.71 bits per heavy atom. The highest BCUT2D eigenvalue weighted by Crippen LogP contribution is 2.44. The molecular formula is C30H36F3N5O6S. The Bertz CT molecular complexity index is 1520. The van der Waals surface area contributed by atoms with Crippen molar-refractivity contribution in [3.8, 4) is 0 Å². The third-order valence-electron chi connectivity index (χ3n) is 8.72. The molecule has 0 bridgehead atoms. The summed E-state index contributed by atoms with van der Waals surface area (Å²) in [5.74, 6) is -5.53. The molecule has 15 heteroatoms. The van der Waals surface area contributed by atoms with Crippen LogP contribution in [0.5, 0.6) is 0 Å². The Morgan fingerprint density at radius 2 is 2.07 bits per heavy atom. The van der Waals surface area contributed by atoms with Gasteiger partial charge in [0.1, 0.15) is 17.9 Å². The van der Waals surface area contributed by atoms with Crippen LogP contribution in [-0.4, -0.2) is 99.4 Å². The maximum atomic E-state index is 15.8. The number of carboxylic acid groups (broad SMARTS) is 1. The molecule has 11 nitrogen and oxygen atoms in total. The number of aliphatic hydroxyl groups is 1. The zero-order valence-corrected chi connectivity index (χ0v) is 26.3. The van der Waals surface area contributed by atoms with E-state index in [1.165, 1.54) is 49.1 Å². The number of hydroxylamine groups is 2. The molecule has 0 radical (unpaired) electrons. The topological polar surface area (TPSA) is 137 Å². The first-order valence-electron chi connectivity index (χ1n) is 14.5. The number of carboxylic acids is 1. The van der Waals surface area contributed by atoms with Crippen LogP contribution >= 0.6 is 11.3 Å². The lowest BCUT2D eigenvalue weighted by Gasteiger charge is -2.38. The fourth-order valence-electron chi connectivity index (χ4n) is 6.14. The minimum atomic E-state index is -3.33. The van der Waals surface area contributed by atoms with E-state index in [1.54, 1.807) is 31.5 Å². The van der Waals surface area contributed by atoms with Gasteiger partial charge in [-0.25, -0.2) is 22.9 Å². The van der Waals surface area contributed by atoms with Crippen LogP contribution in [0, 0.1) is 18.2 Å². The van der Waals surface area contributed by atoms with E-state index in [0.29, 0.717) is 16.4 Å². The number of carbonyl (C=O) groups is 2. The summed E-state index contributed by atoms with van der Waals surface area (Å²) < 4.78 is 51.7. The standard InChI is InChI=1S/C30H36F3N5O6S/c1-6-43-27(40)21-19(35-25(26-34-10-11-45-26)36-22(21)17-8-7-9-18(31)15(17)2)12-37-14-30(32,33)23-20(37)13-44-38(23)16(3)24(39)29(4,5)28(41)42/h7-11,16,20,22-24,39H,6,12-14H2,1-5H3,(H,35,36)(H,41,42)/t16-,20-,22+,23+,24+/m1/s1. The number of aromatic nitrogens is 1. The molecule has 1 aromatic heterocycles. The maximum Gasteiger partial charge on any atom is 0.338 e. The van der Waals surface area contributed by atoms with E-state index < -0.39 is 65.9 Å². The van der Waals surface area contributed by atoms with Gasteiger partial charge in [-0.3, -0.25) is 19.5 Å². The molecule has 4 heterocycles. The number of nitrogens with zero attached hydrogens (tertiary/aromatic N) is 4. The van der Waals surface area contributed by atoms with Gasteiger partial charge in [-0.05, 0) is 51.8 Å². The number of halogens is 3. The molecule has 5 atom stereocenters. The normalized spacial score (nSPS) is 25.0. The van der Waals surface area contributed by atoms with Gasteiger partial charge in [-0.15, -0.1) is 11.3 Å². The number of alkyl halides is 2. The fraction of sp³-hybridized carbons (Fsp3) is 0.533. The number of ether oxygens (including phenoxy) is 1. The summed E-state index contributed by atoms with van der Waals surface area (Å²) in [6.07, 6.45) is 0.0536. The van der Waals surface area contributed by atoms with E-state index in [4.69, 9.17) is 14.6 Å². The lowest BCUT2D eigenvalue weighted by molar-refractivity contribution is -0.227. The smallest absolute Gasteiger partial charge is 0.338 e. The van der Waals surface area contributed by atoms with Gasteiger partial charge in [0.25, 0.3) is 5.92 Å². The Morgan fingerprint density at radius 1 is 1.33 bits per heavy atom. The molecule has 1 aromatic carbocycles. The highest BCUT2D eigenvalue weighted by Gasteiger charge is 2.62. The van der Waals surface area contributed by atoms with Gasteiger partial charge in [-0.1, -0.05) is 12.1 Å². The predicted octanol–water partition coefficient (Wildman–Crippen LogP) is 3.29. The average Bonchev–Trinajstić information content (AvgIpc) is 3.72. The van der Waals surface area contributed by atoms with Gasteiger partial charge < -0.3 is 20.3 Å². The number of aliphatic carboxylic acids is 1. The lowest BCUT2D eigenvalue weighted by atomic mass is 9.82. The fourth-order valence-corrected chi connectivity index (χ4v) is 6.73. The average molecular weight is 652 g/mol. The molecule has 0 amide bonds. The second kappa shape index (κ2) is 12.4. The number of esters is 1. The molecule has 45 heavy (non-hydrogen) atoms. The number of nitrogens with one attached hydrogen (secondary N) is 1. The lowest BCUT2D eigenvalue weighted by Crippen LogP contribution is -2.56. The molecule has 0 unspecified atom stereocenters. The van der Waals surface area contributed by atoms with Crippen LogP contribution in [0.1, 0.15) is 49.9 Å². The quantitative estimate of drug-likeness (QED) is 0.329. The zero-order valence-electron chi connectivity index (χ0n) is 25.5. The zero-order chi connectivity index (χ0) is 32.8. The van der Waals surface area contributed by atoms with E-state index in [0.717, 1.165) is 5.06 Å². The Hall–Kier alpha value is -3.37. The Labute approximate surface area is 262 Å². The third-order valence-corrected chi connectivity index (χ3v) is 9.50. The molecular weight excluding hydrogens is 615 g/mol. The number of thiazole rings is 1. The third kappa shape index (κ3) is 5.99. The highest BCUT2D eigenvalue weighted by atomic mass is 32.1. The first-order valence-corrected chi connectivity index (χ1v) is 15.4. The summed E-state index contributed by atoms with van der Waals surface area (Å²) in [5, 5.41) is 26.8. The summed E-state index contributed by atoms with van der Waals surface area (Å²) in [7, 11) is 0. The van der Waals surface area contributed by atoms with E-state index >= 15 is 8.78 Å². The van der Waals surface area contributed by atoms with Crippen molar-refractivity contribution in [2.24, 2.45) is 10.4 Å². The predicted molar refractivity (Wildman–Crippen MR) is 158 cm³/mol. The Kier molecular flexibility index (Phi) is 9.12. The molecule has 2 aromatic rings. The number of aliphatic imine (C=N–C) groups is 1. The molecule has 3 aliphatic heterocycles. The van der Waals surface area contributed by atoms with Crippen molar-refractivity contribution in [1.29, 1.82) is 0 Å². The van der Waals surface area contributed by atoms with E-state index in [2.05, 4.69) is 10.3 Å². The summed E-state index contributed by atoms with van der Waals surface area (Å²) in [6.45, 7) is 6.30. The number of rotatable bonds is 10. The van der Waals surface area contributed by atoms with Crippen molar-refractivity contribution in [3.63, 3.8) is 0 Å². The van der Waals surface area contributed by atoms with Gasteiger partial charge >= 0.3 is 11.9 Å². The number of amidine groups is 1. The van der Waals surface area contributed by atoms with Crippen LogP contribution in [0.2, 0.25) is 0 Å². The SMILES string of the molecule is CCOC(=O)C1=C(CN2CC(F)(F)[C@@H]3[C@H]2CON3[C@H](C)[C@H](O)C(C)(C)C(=O)O)NC(c2nccs2)=N[C@H]1c1cccc(F)c1C. The van der Waals surface area contributed by atoms with Crippen LogP contribution < -0.4 is 5.32 Å². The number of hydrogen-bond donors (Lipinski definition) is 3. The number of fused-ring (bicyclic) bond motifs is 1. The highest BCUT2D eigenvalue weighted by molar-refractivity contribution is 7.11. The number of carbonyl (C=O) groups excluding carboxylic acids is 1. The number of aliphatic hydroxyl groups excluding tert-OH is 1. The molecule has 0 saturated carbocycles. The maximum absolute atomic E-state index is 15.8. The van der Waals surface area contributed by atoms with Gasteiger partial charge in [0.2, 0.25) is 0 Å². The first-order chi connectivity index (χ1) is 21.2. The van der Waals surface area contributed by atoms with Crippen LogP contribution in [0.25, 0.3) is 0 Å². The molecule has 0 spiro atoms. The molecule has 3 aliphatic rings. The van der Waals surface area contributed by atoms with Crippen LogP contribution in [0.15, 0.2) is 46.0 Å². The van der Waals surface area contributed by atoms with Crippen LogP contribution in [0.3, 0.4) is 0 Å². The molecule has 2 saturated heterocycles. The van der Waals surface area contributed by atoms with E-state index in [9.17, 15) is 24.2 Å². The minimum absolute atomic E-state index is 0.0374. The van der Waals surface area contributed by atoms with Crippen molar-refractivity contribution in [2.45, 2.75) is 70.8 Å². The number of benzene rings is 1. The molecule has 2 fully saturated rings. The monoisotopic (exact) mass is 651 g/mol. The molecule has 0 aliphatic carbocycles. The summed E-state index contributed by atoms with van der Waals surface area (Å²) in [6, 6.07) is -0.0116. The number of hydrogen-bond acceptors (Lipinski definition) is 11. The van der Waals surface area contributed by atoms with Gasteiger partial charge in [0.05, 0.1) is 48.9 Å². The molecule has 5 rings (SSSR count). The van der Waals surface area contributed by atoms with Gasteiger partial charge in [0.15, 0.2) is 10.8 Å². The van der Waals surface area contributed by atoms with Crippen molar-refractivity contribution in [2.75, 3.05) is 26.3 Å². The molecule has 3 N–H and O–H groups in total. The van der Waals surface area contributed by atoms with Crippen molar-refractivity contribution in [1.82, 2.24) is 20.3 Å². The van der Waals surface area contributed by atoms with Crippen molar-refractivity contribution < 1.29 is 42.5 Å². The van der Waals surface area contributed by atoms with Crippen LogP contribution in [-0.2, 0) is 19.2 Å². The van der Waals surface area contributed by atoms with Crippen molar-refractivity contribution in [3.05, 3.63) is 63.0 Å². The minimum Gasteiger partial charge on any atom is -0.481 e. The largest absolute Gasteiger partial charge is 0.481 e. The van der Waals surface area contributed by atoms with E-state index in [-0.39, 0.29) is 36.6 Å². The first kappa shape index (κ1) is 33.0. The van der Waals surface area contributed by atoms with Crippen LogP contribution in [0.4, 0.5) is 13.2 Å².